The van der Waals surface area contributed by atoms with Crippen LogP contribution in [0.25, 0.3) is 0 Å². The highest BCUT2D eigenvalue weighted by atomic mass is 16.5. The van der Waals surface area contributed by atoms with Gasteiger partial charge in [0.25, 0.3) is 0 Å². The Hall–Kier alpha value is -0.420. The average Bonchev–Trinajstić information content (AvgIpc) is 2.30. The van der Waals surface area contributed by atoms with E-state index in [1.165, 1.54) is 0 Å². The monoisotopic (exact) mass is 231 g/mol. The summed E-state index contributed by atoms with van der Waals surface area (Å²) in [4.78, 5) is 0. The molecule has 96 valence electrons. The molecule has 0 aromatic heterocycles. The van der Waals surface area contributed by atoms with Gasteiger partial charge < -0.3 is 19.5 Å². The zero-order valence-corrected chi connectivity index (χ0v) is 10.6. The van der Waals surface area contributed by atoms with Gasteiger partial charge in [0.2, 0.25) is 0 Å². The van der Waals surface area contributed by atoms with Gasteiger partial charge in [-0.2, -0.15) is 0 Å². The average molecular weight is 231 g/mol. The lowest BCUT2D eigenvalue weighted by atomic mass is 10.3. The molecule has 0 radical (unpaired) electrons. The maximum absolute atomic E-state index is 5.40. The zero-order valence-electron chi connectivity index (χ0n) is 10.6. The fourth-order valence-electron chi connectivity index (χ4n) is 1.09. The second-order valence-electron chi connectivity index (χ2n) is 3.54. The first-order valence-electron chi connectivity index (χ1n) is 5.83. The van der Waals surface area contributed by atoms with Crippen molar-refractivity contribution >= 4 is 0 Å². The molecular weight excluding hydrogens is 206 g/mol. The summed E-state index contributed by atoms with van der Waals surface area (Å²) in [6.07, 6.45) is 0.934. The Morgan fingerprint density at radius 2 is 1.88 bits per heavy atom. The summed E-state index contributed by atoms with van der Waals surface area (Å²) in [6, 6.07) is 0. The van der Waals surface area contributed by atoms with Gasteiger partial charge in [-0.3, -0.25) is 0 Å². The molecule has 16 heavy (non-hydrogen) atoms. The summed E-state index contributed by atoms with van der Waals surface area (Å²) in [7, 11) is 1.69. The van der Waals surface area contributed by atoms with Crippen molar-refractivity contribution in [2.45, 2.75) is 13.3 Å². The molecular formula is C12H25NO3. The first kappa shape index (κ1) is 15.6. The first-order valence-corrected chi connectivity index (χ1v) is 5.83. The van der Waals surface area contributed by atoms with E-state index in [9.17, 15) is 0 Å². The summed E-state index contributed by atoms with van der Waals surface area (Å²) in [6.45, 7) is 11.1. The minimum absolute atomic E-state index is 0.606. The molecule has 0 atom stereocenters. The fourth-order valence-corrected chi connectivity index (χ4v) is 1.09. The first-order chi connectivity index (χ1) is 7.81. The van der Waals surface area contributed by atoms with Crippen molar-refractivity contribution in [2.75, 3.05) is 53.2 Å². The summed E-state index contributed by atoms with van der Waals surface area (Å²) in [5.41, 5.74) is 1.07. The van der Waals surface area contributed by atoms with Crippen LogP contribution in [0.15, 0.2) is 12.2 Å². The Kier molecular flexibility index (Phi) is 12.3. The van der Waals surface area contributed by atoms with Crippen molar-refractivity contribution < 1.29 is 14.2 Å². The highest BCUT2D eigenvalue weighted by molar-refractivity contribution is 4.96. The fraction of sp³-hybridized carbons (Fsp3) is 0.833. The van der Waals surface area contributed by atoms with Crippen LogP contribution in [0, 0.1) is 0 Å². The third-order valence-electron chi connectivity index (χ3n) is 1.94. The van der Waals surface area contributed by atoms with Crippen LogP contribution in [0.1, 0.15) is 13.3 Å². The topological polar surface area (TPSA) is 39.7 Å². The van der Waals surface area contributed by atoms with E-state index in [0.29, 0.717) is 19.8 Å². The third kappa shape index (κ3) is 11.7. The van der Waals surface area contributed by atoms with Gasteiger partial charge in [-0.25, -0.2) is 0 Å². The van der Waals surface area contributed by atoms with Crippen molar-refractivity contribution in [1.82, 2.24) is 5.32 Å². The molecule has 0 unspecified atom stereocenters. The lowest BCUT2D eigenvalue weighted by molar-refractivity contribution is 0.0467. The van der Waals surface area contributed by atoms with Crippen LogP contribution in [-0.2, 0) is 14.2 Å². The summed E-state index contributed by atoms with van der Waals surface area (Å²) < 4.78 is 15.7. The zero-order chi connectivity index (χ0) is 12.1. The van der Waals surface area contributed by atoms with Crippen LogP contribution >= 0.6 is 0 Å². The highest BCUT2D eigenvalue weighted by Crippen LogP contribution is 1.90. The van der Waals surface area contributed by atoms with E-state index >= 15 is 0 Å². The molecule has 0 aromatic rings. The number of methoxy groups -OCH3 is 1. The normalized spacial score (nSPS) is 10.6. The molecule has 0 fully saturated rings. The van der Waals surface area contributed by atoms with Gasteiger partial charge in [-0.05, 0) is 18.5 Å². The largest absolute Gasteiger partial charge is 0.385 e. The van der Waals surface area contributed by atoms with Crippen molar-refractivity contribution in [3.63, 3.8) is 0 Å². The molecule has 0 saturated heterocycles. The Labute approximate surface area is 99.0 Å². The molecule has 0 aliphatic rings. The third-order valence-corrected chi connectivity index (χ3v) is 1.94. The molecule has 0 saturated carbocycles. The quantitative estimate of drug-likeness (QED) is 0.405. The number of likely N-dealkylation sites (N-methyl/N-ethyl adjacent to an activating group) is 1. The number of ether oxygens (including phenoxy) is 3. The van der Waals surface area contributed by atoms with E-state index in [1.807, 2.05) is 0 Å². The number of nitrogens with one attached hydrogen (secondary N) is 1. The summed E-state index contributed by atoms with van der Waals surface area (Å²) >= 11 is 0. The highest BCUT2D eigenvalue weighted by Gasteiger charge is 1.94. The van der Waals surface area contributed by atoms with Crippen LogP contribution in [0.4, 0.5) is 0 Å². The van der Waals surface area contributed by atoms with Gasteiger partial charge in [-0.1, -0.05) is 13.5 Å². The van der Waals surface area contributed by atoms with E-state index in [-0.39, 0.29) is 0 Å². The minimum Gasteiger partial charge on any atom is -0.385 e. The van der Waals surface area contributed by atoms with E-state index < -0.39 is 0 Å². The molecule has 0 heterocycles. The van der Waals surface area contributed by atoms with E-state index in [4.69, 9.17) is 14.2 Å². The van der Waals surface area contributed by atoms with E-state index in [2.05, 4.69) is 18.8 Å². The molecule has 0 aromatic carbocycles. The summed E-state index contributed by atoms with van der Waals surface area (Å²) in [5, 5.41) is 3.20. The predicted molar refractivity (Wildman–Crippen MR) is 65.8 cm³/mol. The van der Waals surface area contributed by atoms with Gasteiger partial charge in [0, 0.05) is 26.9 Å². The summed E-state index contributed by atoms with van der Waals surface area (Å²) in [5.74, 6) is 0. The van der Waals surface area contributed by atoms with Crippen LogP contribution in [-0.4, -0.2) is 53.2 Å². The number of hydrogen-bond donors (Lipinski definition) is 1. The lowest BCUT2D eigenvalue weighted by Crippen LogP contribution is -2.18. The number of hydrogen-bond acceptors (Lipinski definition) is 4. The number of rotatable bonds is 12. The lowest BCUT2D eigenvalue weighted by Gasteiger charge is -2.08. The SMILES string of the molecule is C=C(CNCC)COCCOCCCOC. The second-order valence-corrected chi connectivity index (χ2v) is 3.54. The minimum atomic E-state index is 0.606. The maximum atomic E-state index is 5.40. The Bertz CT molecular complexity index is 162. The van der Waals surface area contributed by atoms with E-state index in [1.54, 1.807) is 7.11 Å². The van der Waals surface area contributed by atoms with Gasteiger partial charge in [0.05, 0.1) is 19.8 Å². The van der Waals surface area contributed by atoms with Crippen LogP contribution < -0.4 is 5.32 Å². The van der Waals surface area contributed by atoms with Crippen molar-refractivity contribution in [3.8, 4) is 0 Å². The van der Waals surface area contributed by atoms with Crippen molar-refractivity contribution in [3.05, 3.63) is 12.2 Å². The molecule has 4 heteroatoms. The molecule has 0 aliphatic heterocycles. The molecule has 0 bridgehead atoms. The Balaban J connectivity index is 3.05. The van der Waals surface area contributed by atoms with Crippen LogP contribution in [0.5, 0.6) is 0 Å². The van der Waals surface area contributed by atoms with Crippen molar-refractivity contribution in [1.29, 1.82) is 0 Å². The molecule has 4 nitrogen and oxygen atoms in total. The van der Waals surface area contributed by atoms with Crippen LogP contribution in [0.2, 0.25) is 0 Å². The van der Waals surface area contributed by atoms with Gasteiger partial charge in [0.1, 0.15) is 0 Å². The van der Waals surface area contributed by atoms with Gasteiger partial charge in [-0.15, -0.1) is 0 Å². The molecule has 0 spiro atoms. The predicted octanol–water partition coefficient (Wildman–Crippen LogP) is 1.22. The van der Waals surface area contributed by atoms with Gasteiger partial charge in [0.15, 0.2) is 0 Å². The molecule has 0 amide bonds. The standard InChI is InChI=1S/C12H25NO3/c1-4-13-10-12(2)11-16-9-8-15-7-5-6-14-3/h13H,2,4-11H2,1,3H3. The van der Waals surface area contributed by atoms with E-state index in [0.717, 1.165) is 38.3 Å². The molecule has 1 N–H and O–H groups in total. The molecule has 0 rings (SSSR count). The Morgan fingerprint density at radius 3 is 2.56 bits per heavy atom. The van der Waals surface area contributed by atoms with Gasteiger partial charge >= 0.3 is 0 Å². The molecule has 0 aliphatic carbocycles. The Morgan fingerprint density at radius 1 is 1.12 bits per heavy atom. The maximum Gasteiger partial charge on any atom is 0.0704 e. The van der Waals surface area contributed by atoms with Crippen LogP contribution in [0.3, 0.4) is 0 Å². The van der Waals surface area contributed by atoms with Crippen molar-refractivity contribution in [2.24, 2.45) is 0 Å². The smallest absolute Gasteiger partial charge is 0.0704 e. The second kappa shape index (κ2) is 12.6.